The lowest BCUT2D eigenvalue weighted by Crippen LogP contribution is -1.87. The Morgan fingerprint density at radius 3 is 2.90 bits per heavy atom. The molecule has 10 heavy (non-hydrogen) atoms. The van der Waals surface area contributed by atoms with E-state index in [-0.39, 0.29) is 5.92 Å². The van der Waals surface area contributed by atoms with Crippen molar-refractivity contribution in [2.45, 2.75) is 19.8 Å². The fourth-order valence-electron chi connectivity index (χ4n) is 0.802. The number of hydrogen-bond acceptors (Lipinski definition) is 2. The Bertz CT molecular complexity index is 256. The second kappa shape index (κ2) is 2.85. The lowest BCUT2D eigenvalue weighted by atomic mass is 10.1. The Balaban J connectivity index is 2.96. The number of aryl methyl sites for hydroxylation is 1. The summed E-state index contributed by atoms with van der Waals surface area (Å²) in [6.07, 6.45) is 5.26. The van der Waals surface area contributed by atoms with Crippen molar-refractivity contribution in [1.29, 1.82) is 0 Å². The number of hydrogen-bond donors (Lipinski definition) is 0. The van der Waals surface area contributed by atoms with Crippen LogP contribution in [0.2, 0.25) is 0 Å². The van der Waals surface area contributed by atoms with E-state index in [9.17, 15) is 0 Å². The van der Waals surface area contributed by atoms with Gasteiger partial charge in [0, 0.05) is 4.88 Å². The van der Waals surface area contributed by atoms with Crippen LogP contribution in [0.3, 0.4) is 0 Å². The van der Waals surface area contributed by atoms with Gasteiger partial charge >= 0.3 is 0 Å². The van der Waals surface area contributed by atoms with Gasteiger partial charge in [-0.05, 0) is 13.8 Å². The van der Waals surface area contributed by atoms with Gasteiger partial charge in [-0.3, -0.25) is 0 Å². The van der Waals surface area contributed by atoms with E-state index in [2.05, 4.69) is 10.9 Å². The third-order valence-electron chi connectivity index (χ3n) is 1.43. The zero-order valence-corrected chi connectivity index (χ0v) is 6.90. The molecule has 0 amide bonds. The van der Waals surface area contributed by atoms with Crippen molar-refractivity contribution in [1.82, 2.24) is 4.98 Å². The molecule has 1 heterocycles. The highest BCUT2D eigenvalue weighted by Crippen LogP contribution is 2.21. The van der Waals surface area contributed by atoms with Crippen molar-refractivity contribution in [2.75, 3.05) is 0 Å². The molecule has 1 aromatic heterocycles. The molecule has 0 aliphatic heterocycles. The van der Waals surface area contributed by atoms with Crippen molar-refractivity contribution >= 4 is 11.3 Å². The van der Waals surface area contributed by atoms with Crippen LogP contribution >= 0.6 is 11.3 Å². The highest BCUT2D eigenvalue weighted by atomic mass is 32.1. The zero-order chi connectivity index (χ0) is 7.56. The lowest BCUT2D eigenvalue weighted by Gasteiger charge is -1.98. The average molecular weight is 151 g/mol. The molecule has 1 aromatic rings. The van der Waals surface area contributed by atoms with E-state index in [0.717, 1.165) is 5.69 Å². The Hall–Kier alpha value is -0.810. The van der Waals surface area contributed by atoms with Crippen LogP contribution in [-0.4, -0.2) is 4.98 Å². The van der Waals surface area contributed by atoms with E-state index in [0.29, 0.717) is 0 Å². The van der Waals surface area contributed by atoms with Gasteiger partial charge in [0.15, 0.2) is 0 Å². The fourth-order valence-corrected chi connectivity index (χ4v) is 1.62. The fraction of sp³-hybridized carbons (Fsp3) is 0.375. The molecule has 0 radical (unpaired) electrons. The van der Waals surface area contributed by atoms with Crippen LogP contribution in [-0.2, 0) is 0 Å². The van der Waals surface area contributed by atoms with Gasteiger partial charge in [0.1, 0.15) is 0 Å². The minimum atomic E-state index is 0.215. The third kappa shape index (κ3) is 1.19. The smallest absolute Gasteiger partial charge is 0.0798 e. The number of aromatic nitrogens is 1. The first kappa shape index (κ1) is 7.30. The van der Waals surface area contributed by atoms with Gasteiger partial charge in [0.2, 0.25) is 0 Å². The topological polar surface area (TPSA) is 12.9 Å². The summed E-state index contributed by atoms with van der Waals surface area (Å²) in [6.45, 7) is 4.00. The molecule has 0 aliphatic rings. The highest BCUT2D eigenvalue weighted by Gasteiger charge is 2.06. The first-order valence-electron chi connectivity index (χ1n) is 3.12. The quantitative estimate of drug-likeness (QED) is 0.561. The molecular weight excluding hydrogens is 142 g/mol. The van der Waals surface area contributed by atoms with Crippen molar-refractivity contribution < 1.29 is 0 Å². The molecule has 0 saturated heterocycles. The molecule has 1 rings (SSSR count). The Morgan fingerprint density at radius 1 is 1.80 bits per heavy atom. The molecule has 0 spiro atoms. The summed E-state index contributed by atoms with van der Waals surface area (Å²) < 4.78 is 0. The van der Waals surface area contributed by atoms with E-state index < -0.39 is 0 Å². The van der Waals surface area contributed by atoms with E-state index in [1.807, 2.05) is 19.4 Å². The summed E-state index contributed by atoms with van der Waals surface area (Å²) >= 11 is 1.63. The highest BCUT2D eigenvalue weighted by molar-refractivity contribution is 7.09. The maximum atomic E-state index is 5.26. The second-order valence-electron chi connectivity index (χ2n) is 2.19. The van der Waals surface area contributed by atoms with Crippen LogP contribution in [0.25, 0.3) is 0 Å². The predicted molar refractivity (Wildman–Crippen MR) is 44.1 cm³/mol. The van der Waals surface area contributed by atoms with Crippen LogP contribution in [0.4, 0.5) is 0 Å². The molecule has 0 saturated carbocycles. The molecule has 1 atom stereocenters. The predicted octanol–water partition coefficient (Wildman–Crippen LogP) is 2.19. The van der Waals surface area contributed by atoms with E-state index in [1.54, 1.807) is 11.3 Å². The molecule has 2 heteroatoms. The standard InChI is InChI=1S/C8H9NS/c1-4-6(2)8-7(3)9-5-10-8/h1,5-6H,2-3H3/t6-/m1/s1. The van der Waals surface area contributed by atoms with Gasteiger partial charge in [0.05, 0.1) is 17.1 Å². The van der Waals surface area contributed by atoms with Crippen LogP contribution in [0.15, 0.2) is 5.51 Å². The van der Waals surface area contributed by atoms with E-state index >= 15 is 0 Å². The first-order valence-corrected chi connectivity index (χ1v) is 3.99. The van der Waals surface area contributed by atoms with Crippen LogP contribution in [0.1, 0.15) is 23.4 Å². The molecule has 52 valence electrons. The SMILES string of the molecule is C#C[C@@H](C)c1scnc1C. The normalized spacial score (nSPS) is 12.5. The number of thiazole rings is 1. The third-order valence-corrected chi connectivity index (χ3v) is 2.54. The van der Waals surface area contributed by atoms with Gasteiger partial charge in [0.25, 0.3) is 0 Å². The number of rotatable bonds is 1. The number of nitrogens with zero attached hydrogens (tertiary/aromatic N) is 1. The Morgan fingerprint density at radius 2 is 2.50 bits per heavy atom. The largest absolute Gasteiger partial charge is 0.250 e. The molecule has 0 N–H and O–H groups in total. The maximum absolute atomic E-state index is 5.26. The summed E-state index contributed by atoms with van der Waals surface area (Å²) in [5, 5.41) is 0. The minimum absolute atomic E-state index is 0.215. The lowest BCUT2D eigenvalue weighted by molar-refractivity contribution is 1.01. The van der Waals surface area contributed by atoms with Gasteiger partial charge in [-0.2, -0.15) is 0 Å². The maximum Gasteiger partial charge on any atom is 0.0798 e. The first-order chi connectivity index (χ1) is 4.75. The summed E-state index contributed by atoms with van der Waals surface area (Å²) in [5.74, 6) is 2.89. The van der Waals surface area contributed by atoms with Crippen LogP contribution < -0.4 is 0 Å². The van der Waals surface area contributed by atoms with Crippen molar-refractivity contribution in [3.63, 3.8) is 0 Å². The molecule has 0 fully saturated rings. The van der Waals surface area contributed by atoms with Crippen molar-refractivity contribution in [3.8, 4) is 12.3 Å². The van der Waals surface area contributed by atoms with Gasteiger partial charge in [-0.1, -0.05) is 5.92 Å². The zero-order valence-electron chi connectivity index (χ0n) is 6.09. The second-order valence-corrected chi connectivity index (χ2v) is 3.08. The minimum Gasteiger partial charge on any atom is -0.250 e. The molecule has 1 nitrogen and oxygen atoms in total. The van der Waals surface area contributed by atoms with Gasteiger partial charge < -0.3 is 0 Å². The molecule has 0 unspecified atom stereocenters. The Kier molecular flexibility index (Phi) is 2.08. The molecule has 0 aromatic carbocycles. The van der Waals surface area contributed by atoms with Crippen LogP contribution in [0.5, 0.6) is 0 Å². The summed E-state index contributed by atoms with van der Waals surface area (Å²) in [6, 6.07) is 0. The monoisotopic (exact) mass is 151 g/mol. The summed E-state index contributed by atoms with van der Waals surface area (Å²) in [7, 11) is 0. The van der Waals surface area contributed by atoms with Gasteiger partial charge in [-0.25, -0.2) is 4.98 Å². The van der Waals surface area contributed by atoms with Crippen molar-refractivity contribution in [2.24, 2.45) is 0 Å². The average Bonchev–Trinajstić information content (AvgIpc) is 2.34. The summed E-state index contributed by atoms with van der Waals surface area (Å²) in [5.41, 5.74) is 2.90. The molecule has 0 bridgehead atoms. The number of terminal acetylenes is 1. The van der Waals surface area contributed by atoms with E-state index in [1.165, 1.54) is 4.88 Å². The van der Waals surface area contributed by atoms with Gasteiger partial charge in [-0.15, -0.1) is 17.8 Å². The van der Waals surface area contributed by atoms with Crippen LogP contribution in [0, 0.1) is 19.3 Å². The summed E-state index contributed by atoms with van der Waals surface area (Å²) in [4.78, 5) is 5.32. The van der Waals surface area contributed by atoms with Crippen molar-refractivity contribution in [3.05, 3.63) is 16.1 Å². The Labute approximate surface area is 65.1 Å². The molecule has 0 aliphatic carbocycles. The van der Waals surface area contributed by atoms with E-state index in [4.69, 9.17) is 6.42 Å². The molecular formula is C8H9NS.